The second-order valence-electron chi connectivity index (χ2n) is 7.88. The van der Waals surface area contributed by atoms with Crippen LogP contribution in [0.25, 0.3) is 44.5 Å². The van der Waals surface area contributed by atoms with Crippen molar-refractivity contribution in [2.24, 2.45) is 0 Å². The van der Waals surface area contributed by atoms with Gasteiger partial charge < -0.3 is 11.5 Å². The molecule has 0 spiro atoms. The smallest absolute Gasteiger partial charge is 0.0320 e. The molecule has 0 saturated heterocycles. The van der Waals surface area contributed by atoms with Crippen molar-refractivity contribution in [2.45, 2.75) is 0 Å². The zero-order chi connectivity index (χ0) is 21.9. The number of benzene rings is 5. The first-order valence-corrected chi connectivity index (χ1v) is 10.7. The van der Waals surface area contributed by atoms with E-state index in [4.69, 9.17) is 11.5 Å². The summed E-state index contributed by atoms with van der Waals surface area (Å²) >= 11 is 0. The van der Waals surface area contributed by atoms with Crippen LogP contribution >= 0.6 is 0 Å². The highest BCUT2D eigenvalue weighted by molar-refractivity contribution is 5.96. The van der Waals surface area contributed by atoms with E-state index in [-0.39, 0.29) is 0 Å². The first kappa shape index (κ1) is 19.7. The summed E-state index contributed by atoms with van der Waals surface area (Å²) in [5.74, 6) is 0. The van der Waals surface area contributed by atoms with Gasteiger partial charge in [-0.05, 0) is 68.8 Å². The van der Waals surface area contributed by atoms with Gasteiger partial charge in [0.1, 0.15) is 0 Å². The van der Waals surface area contributed by atoms with E-state index in [1.807, 2.05) is 24.3 Å². The SMILES string of the molecule is Nc1ccc(-c2ccccc2-c2ccc(N)cc2-c2ccccc2-c2ccccc2)cc1. The minimum absolute atomic E-state index is 0.747. The molecule has 0 aliphatic heterocycles. The molecule has 5 rings (SSSR count). The zero-order valence-electron chi connectivity index (χ0n) is 17.7. The van der Waals surface area contributed by atoms with Gasteiger partial charge in [-0.3, -0.25) is 0 Å². The van der Waals surface area contributed by atoms with E-state index in [2.05, 4.69) is 97.1 Å². The Morgan fingerprint density at radius 1 is 0.312 bits per heavy atom. The molecule has 4 N–H and O–H groups in total. The summed E-state index contributed by atoms with van der Waals surface area (Å²) in [6.45, 7) is 0. The van der Waals surface area contributed by atoms with Crippen molar-refractivity contribution in [1.82, 2.24) is 0 Å². The van der Waals surface area contributed by atoms with Crippen LogP contribution in [0.3, 0.4) is 0 Å². The molecule has 154 valence electrons. The summed E-state index contributed by atoms with van der Waals surface area (Å²) in [7, 11) is 0. The number of hydrogen-bond acceptors (Lipinski definition) is 2. The molecule has 0 bridgehead atoms. The van der Waals surface area contributed by atoms with Gasteiger partial charge in [0.2, 0.25) is 0 Å². The molecule has 0 fully saturated rings. The number of hydrogen-bond donors (Lipinski definition) is 2. The molecule has 0 amide bonds. The fourth-order valence-electron chi connectivity index (χ4n) is 4.24. The molecular formula is C30H24N2. The van der Waals surface area contributed by atoms with Gasteiger partial charge in [0.15, 0.2) is 0 Å². The minimum atomic E-state index is 0.747. The van der Waals surface area contributed by atoms with Gasteiger partial charge in [0, 0.05) is 11.4 Å². The van der Waals surface area contributed by atoms with Crippen molar-refractivity contribution in [3.05, 3.63) is 121 Å². The Hall–Kier alpha value is -4.30. The third-order valence-corrected chi connectivity index (χ3v) is 5.78. The van der Waals surface area contributed by atoms with Gasteiger partial charge in [-0.15, -0.1) is 0 Å². The fourth-order valence-corrected chi connectivity index (χ4v) is 4.24. The molecule has 2 heteroatoms. The summed E-state index contributed by atoms with van der Waals surface area (Å²) in [4.78, 5) is 0. The third-order valence-electron chi connectivity index (χ3n) is 5.78. The van der Waals surface area contributed by atoms with E-state index >= 15 is 0 Å². The average Bonchev–Trinajstić information content (AvgIpc) is 2.85. The number of nitrogens with two attached hydrogens (primary N) is 2. The molecule has 0 heterocycles. The van der Waals surface area contributed by atoms with E-state index in [1.54, 1.807) is 0 Å². The highest BCUT2D eigenvalue weighted by Gasteiger charge is 2.15. The largest absolute Gasteiger partial charge is 0.399 e. The lowest BCUT2D eigenvalue weighted by molar-refractivity contribution is 1.55. The Morgan fingerprint density at radius 3 is 1.38 bits per heavy atom. The average molecular weight is 413 g/mol. The molecule has 2 nitrogen and oxygen atoms in total. The maximum atomic E-state index is 6.28. The van der Waals surface area contributed by atoms with Crippen molar-refractivity contribution >= 4 is 11.4 Å². The third kappa shape index (κ3) is 3.75. The molecule has 0 aliphatic rings. The number of anilines is 2. The van der Waals surface area contributed by atoms with E-state index in [9.17, 15) is 0 Å². The van der Waals surface area contributed by atoms with Gasteiger partial charge in [-0.2, -0.15) is 0 Å². The summed E-state index contributed by atoms with van der Waals surface area (Å²) in [6.07, 6.45) is 0. The summed E-state index contributed by atoms with van der Waals surface area (Å²) in [5.41, 5.74) is 23.0. The first-order chi connectivity index (χ1) is 15.7. The molecule has 32 heavy (non-hydrogen) atoms. The van der Waals surface area contributed by atoms with Crippen molar-refractivity contribution in [3.63, 3.8) is 0 Å². The molecule has 5 aromatic carbocycles. The van der Waals surface area contributed by atoms with Crippen molar-refractivity contribution < 1.29 is 0 Å². The monoisotopic (exact) mass is 412 g/mol. The molecule has 0 saturated carbocycles. The van der Waals surface area contributed by atoms with Gasteiger partial charge >= 0.3 is 0 Å². The van der Waals surface area contributed by atoms with Gasteiger partial charge in [0.05, 0.1) is 0 Å². The van der Waals surface area contributed by atoms with Crippen molar-refractivity contribution in [1.29, 1.82) is 0 Å². The Labute approximate surface area is 188 Å². The zero-order valence-corrected chi connectivity index (χ0v) is 17.7. The summed E-state index contributed by atoms with van der Waals surface area (Å²) in [6, 6.07) is 41.7. The van der Waals surface area contributed by atoms with Crippen LogP contribution in [0.4, 0.5) is 11.4 Å². The Kier molecular flexibility index (Phi) is 5.19. The highest BCUT2D eigenvalue weighted by atomic mass is 14.5. The second kappa shape index (κ2) is 8.44. The Bertz CT molecular complexity index is 1370. The molecule has 5 aromatic rings. The van der Waals surface area contributed by atoms with Crippen LogP contribution in [0.2, 0.25) is 0 Å². The molecule has 0 atom stereocenters. The van der Waals surface area contributed by atoms with Crippen LogP contribution in [0, 0.1) is 0 Å². The lowest BCUT2D eigenvalue weighted by Gasteiger charge is -2.18. The standard InChI is InChI=1S/C30H24N2/c31-23-16-14-22(15-17-23)26-11-4-6-12-27(26)29-19-18-24(32)20-30(29)28-13-7-5-10-25(28)21-8-2-1-3-9-21/h1-20H,31-32H2. The van der Waals surface area contributed by atoms with Crippen LogP contribution in [0.15, 0.2) is 121 Å². The van der Waals surface area contributed by atoms with Gasteiger partial charge in [0.25, 0.3) is 0 Å². The van der Waals surface area contributed by atoms with Crippen LogP contribution in [-0.2, 0) is 0 Å². The molecule has 0 unspecified atom stereocenters. The van der Waals surface area contributed by atoms with E-state index in [0.717, 1.165) is 44.8 Å². The quantitative estimate of drug-likeness (QED) is 0.300. The molecule has 0 aliphatic carbocycles. The second-order valence-corrected chi connectivity index (χ2v) is 7.88. The van der Waals surface area contributed by atoms with Crippen LogP contribution < -0.4 is 11.5 Å². The maximum absolute atomic E-state index is 6.28. The van der Waals surface area contributed by atoms with E-state index < -0.39 is 0 Å². The predicted octanol–water partition coefficient (Wildman–Crippen LogP) is 7.52. The minimum Gasteiger partial charge on any atom is -0.399 e. The molecule has 0 aromatic heterocycles. The lowest BCUT2D eigenvalue weighted by atomic mass is 9.86. The Morgan fingerprint density at radius 2 is 0.750 bits per heavy atom. The van der Waals surface area contributed by atoms with Crippen molar-refractivity contribution in [2.75, 3.05) is 11.5 Å². The summed E-state index contributed by atoms with van der Waals surface area (Å²) < 4.78 is 0. The topological polar surface area (TPSA) is 52.0 Å². The summed E-state index contributed by atoms with van der Waals surface area (Å²) in [5, 5.41) is 0. The first-order valence-electron chi connectivity index (χ1n) is 10.7. The van der Waals surface area contributed by atoms with Gasteiger partial charge in [-0.1, -0.05) is 97.1 Å². The number of nitrogen functional groups attached to an aromatic ring is 2. The maximum Gasteiger partial charge on any atom is 0.0320 e. The lowest BCUT2D eigenvalue weighted by Crippen LogP contribution is -1.94. The fraction of sp³-hybridized carbons (Fsp3) is 0. The van der Waals surface area contributed by atoms with Crippen LogP contribution in [0.5, 0.6) is 0 Å². The van der Waals surface area contributed by atoms with Crippen LogP contribution in [-0.4, -0.2) is 0 Å². The van der Waals surface area contributed by atoms with Crippen LogP contribution in [0.1, 0.15) is 0 Å². The van der Waals surface area contributed by atoms with Crippen molar-refractivity contribution in [3.8, 4) is 44.5 Å². The number of rotatable bonds is 4. The van der Waals surface area contributed by atoms with E-state index in [0.29, 0.717) is 0 Å². The predicted molar refractivity (Wildman–Crippen MR) is 137 cm³/mol. The highest BCUT2D eigenvalue weighted by Crippen LogP contribution is 2.42. The molecule has 0 radical (unpaired) electrons. The van der Waals surface area contributed by atoms with E-state index in [1.165, 1.54) is 11.1 Å². The van der Waals surface area contributed by atoms with Gasteiger partial charge in [-0.25, -0.2) is 0 Å². The molecular weight excluding hydrogens is 388 g/mol. The Balaban J connectivity index is 1.75. The normalized spacial score (nSPS) is 10.8.